The number of hydrogen-bond acceptors (Lipinski definition) is 3. The highest BCUT2D eigenvalue weighted by atomic mass is 35.5. The van der Waals surface area contributed by atoms with Crippen molar-refractivity contribution in [1.29, 1.82) is 0 Å². The van der Waals surface area contributed by atoms with Crippen LogP contribution in [0.25, 0.3) is 0 Å². The lowest BCUT2D eigenvalue weighted by molar-refractivity contribution is 0.230. The van der Waals surface area contributed by atoms with Crippen LogP contribution in [0.15, 0.2) is 18.3 Å². The molecule has 0 saturated heterocycles. The molecule has 86 valence electrons. The molecule has 3 nitrogen and oxygen atoms in total. The Balaban J connectivity index is 0.00000196. The van der Waals surface area contributed by atoms with Gasteiger partial charge in [0.1, 0.15) is 0 Å². The molecule has 4 heteroatoms. The zero-order chi connectivity index (χ0) is 10.4. The van der Waals surface area contributed by atoms with E-state index in [1.807, 2.05) is 25.3 Å². The van der Waals surface area contributed by atoms with Gasteiger partial charge in [-0.1, -0.05) is 13.0 Å². The van der Waals surface area contributed by atoms with E-state index in [0.717, 1.165) is 24.1 Å². The predicted molar refractivity (Wildman–Crippen MR) is 63.9 cm³/mol. The fraction of sp³-hybridized carbons (Fsp3) is 0.545. The average Bonchev–Trinajstić information content (AvgIpc) is 2.26. The molecule has 0 aliphatic rings. The molecule has 0 aliphatic heterocycles. The summed E-state index contributed by atoms with van der Waals surface area (Å²) in [6.45, 7) is 2.83. The molecule has 1 aromatic rings. The van der Waals surface area contributed by atoms with Gasteiger partial charge in [-0.3, -0.25) is 4.98 Å². The van der Waals surface area contributed by atoms with Crippen molar-refractivity contribution in [3.63, 3.8) is 0 Å². The second-order valence-electron chi connectivity index (χ2n) is 3.69. The summed E-state index contributed by atoms with van der Waals surface area (Å²) in [5, 5.41) is 8.86. The fourth-order valence-electron chi connectivity index (χ4n) is 1.21. The number of hydrogen-bond donors (Lipinski definition) is 2. The summed E-state index contributed by atoms with van der Waals surface area (Å²) in [7, 11) is 0. The van der Waals surface area contributed by atoms with Gasteiger partial charge in [0.05, 0.1) is 0 Å². The van der Waals surface area contributed by atoms with Crippen molar-refractivity contribution in [1.82, 2.24) is 4.98 Å². The molecular weight excluding hydrogens is 212 g/mol. The average molecular weight is 231 g/mol. The topological polar surface area (TPSA) is 59.1 Å². The van der Waals surface area contributed by atoms with Gasteiger partial charge in [0.2, 0.25) is 0 Å². The largest absolute Gasteiger partial charge is 0.396 e. The van der Waals surface area contributed by atoms with E-state index < -0.39 is 0 Å². The number of aliphatic hydroxyl groups is 1. The Morgan fingerprint density at radius 2 is 2.20 bits per heavy atom. The first-order valence-electron chi connectivity index (χ1n) is 5.01. The van der Waals surface area contributed by atoms with Crippen LogP contribution < -0.4 is 5.73 Å². The lowest BCUT2D eigenvalue weighted by atomic mass is 10.0. The summed E-state index contributed by atoms with van der Waals surface area (Å²) in [6, 6.07) is 4.01. The maximum Gasteiger partial charge on any atom is 0.0456 e. The molecule has 1 rings (SSSR count). The second-order valence-corrected chi connectivity index (χ2v) is 3.69. The Kier molecular flexibility index (Phi) is 7.30. The fourth-order valence-corrected chi connectivity index (χ4v) is 1.21. The van der Waals surface area contributed by atoms with E-state index >= 15 is 0 Å². The Hall–Kier alpha value is -0.640. The maximum atomic E-state index is 8.86. The number of pyridine rings is 1. The zero-order valence-electron chi connectivity index (χ0n) is 9.02. The van der Waals surface area contributed by atoms with Gasteiger partial charge >= 0.3 is 0 Å². The van der Waals surface area contributed by atoms with E-state index in [1.165, 1.54) is 0 Å². The molecule has 0 radical (unpaired) electrons. The summed E-state index contributed by atoms with van der Waals surface area (Å²) in [4.78, 5) is 4.29. The molecule has 1 unspecified atom stereocenters. The van der Waals surface area contributed by atoms with Gasteiger partial charge in [-0.2, -0.15) is 0 Å². The van der Waals surface area contributed by atoms with Crippen LogP contribution in [-0.4, -0.2) is 16.7 Å². The van der Waals surface area contributed by atoms with Gasteiger partial charge in [-0.25, -0.2) is 0 Å². The van der Waals surface area contributed by atoms with E-state index in [2.05, 4.69) is 4.98 Å². The minimum absolute atomic E-state index is 0. The van der Waals surface area contributed by atoms with Crippen LogP contribution in [0.4, 0.5) is 0 Å². The lowest BCUT2D eigenvalue weighted by Crippen LogP contribution is -2.04. The molecule has 15 heavy (non-hydrogen) atoms. The molecular formula is C11H19ClN2O. The molecule has 0 spiro atoms. The third kappa shape index (κ3) is 5.11. The third-order valence-corrected chi connectivity index (χ3v) is 2.33. The number of rotatable bonds is 5. The lowest BCUT2D eigenvalue weighted by Gasteiger charge is -2.06. The molecule has 0 bridgehead atoms. The first kappa shape index (κ1) is 14.4. The van der Waals surface area contributed by atoms with Crippen molar-refractivity contribution in [3.05, 3.63) is 29.6 Å². The molecule has 0 saturated carbocycles. The van der Waals surface area contributed by atoms with E-state index in [4.69, 9.17) is 10.8 Å². The number of aryl methyl sites for hydroxylation is 1. The predicted octanol–water partition coefficient (Wildman–Crippen LogP) is 1.52. The highest BCUT2D eigenvalue weighted by molar-refractivity contribution is 5.85. The van der Waals surface area contributed by atoms with Crippen LogP contribution >= 0.6 is 12.4 Å². The van der Waals surface area contributed by atoms with Crippen LogP contribution in [0.5, 0.6) is 0 Å². The van der Waals surface area contributed by atoms with Gasteiger partial charge in [-0.05, 0) is 30.4 Å². The van der Waals surface area contributed by atoms with Gasteiger partial charge in [0.25, 0.3) is 0 Å². The van der Waals surface area contributed by atoms with Crippen molar-refractivity contribution < 1.29 is 5.11 Å². The van der Waals surface area contributed by atoms with Gasteiger partial charge in [-0.15, -0.1) is 12.4 Å². The molecule has 0 aromatic carbocycles. The number of aliphatic hydroxyl groups excluding tert-OH is 1. The molecule has 3 N–H and O–H groups in total. The Morgan fingerprint density at radius 3 is 2.67 bits per heavy atom. The smallest absolute Gasteiger partial charge is 0.0456 e. The number of aromatic nitrogens is 1. The van der Waals surface area contributed by atoms with Crippen molar-refractivity contribution in [2.45, 2.75) is 26.3 Å². The molecule has 1 atom stereocenters. The summed E-state index contributed by atoms with van der Waals surface area (Å²) >= 11 is 0. The van der Waals surface area contributed by atoms with E-state index in [0.29, 0.717) is 12.5 Å². The third-order valence-electron chi connectivity index (χ3n) is 2.33. The monoisotopic (exact) mass is 230 g/mol. The van der Waals surface area contributed by atoms with Crippen molar-refractivity contribution >= 4 is 12.4 Å². The standard InChI is InChI=1S/C11H18N2O.ClH/c1-9(8-14)2-4-11-5-3-10(6-12)7-13-11;/h3,5,7,9,14H,2,4,6,8,12H2,1H3;1H. The molecule has 1 heterocycles. The summed E-state index contributed by atoms with van der Waals surface area (Å²) < 4.78 is 0. The Morgan fingerprint density at radius 1 is 1.47 bits per heavy atom. The number of nitrogens with zero attached hydrogens (tertiary/aromatic N) is 1. The van der Waals surface area contributed by atoms with Gasteiger partial charge in [0.15, 0.2) is 0 Å². The van der Waals surface area contributed by atoms with E-state index in [-0.39, 0.29) is 19.0 Å². The molecule has 1 aromatic heterocycles. The minimum Gasteiger partial charge on any atom is -0.396 e. The summed E-state index contributed by atoms with van der Waals surface area (Å²) in [5.41, 5.74) is 7.60. The molecule has 0 amide bonds. The zero-order valence-corrected chi connectivity index (χ0v) is 9.83. The normalized spacial score (nSPS) is 11.9. The van der Waals surface area contributed by atoms with Crippen LogP contribution in [0.1, 0.15) is 24.6 Å². The first-order valence-corrected chi connectivity index (χ1v) is 5.01. The van der Waals surface area contributed by atoms with E-state index in [1.54, 1.807) is 0 Å². The van der Waals surface area contributed by atoms with Crippen molar-refractivity contribution in [2.75, 3.05) is 6.61 Å². The van der Waals surface area contributed by atoms with Crippen LogP contribution in [0, 0.1) is 5.92 Å². The summed E-state index contributed by atoms with van der Waals surface area (Å²) in [6.07, 6.45) is 3.72. The highest BCUT2D eigenvalue weighted by Gasteiger charge is 2.01. The van der Waals surface area contributed by atoms with Crippen molar-refractivity contribution in [2.24, 2.45) is 11.7 Å². The minimum atomic E-state index is 0. The first-order chi connectivity index (χ1) is 6.76. The highest BCUT2D eigenvalue weighted by Crippen LogP contribution is 2.07. The van der Waals surface area contributed by atoms with Crippen molar-refractivity contribution in [3.8, 4) is 0 Å². The Labute approximate surface area is 97.1 Å². The van der Waals surface area contributed by atoms with E-state index in [9.17, 15) is 0 Å². The SMILES string of the molecule is CC(CO)CCc1ccc(CN)cn1.Cl. The van der Waals surface area contributed by atoms with Gasteiger partial charge in [0, 0.05) is 25.0 Å². The Bertz CT molecular complexity index is 264. The number of nitrogens with two attached hydrogens (primary N) is 1. The molecule has 0 fully saturated rings. The number of halogens is 1. The quantitative estimate of drug-likeness (QED) is 0.807. The van der Waals surface area contributed by atoms with Crippen LogP contribution in [0.2, 0.25) is 0 Å². The second kappa shape index (κ2) is 7.63. The van der Waals surface area contributed by atoms with Crippen LogP contribution in [-0.2, 0) is 13.0 Å². The molecule has 0 aliphatic carbocycles. The summed E-state index contributed by atoms with van der Waals surface area (Å²) in [5.74, 6) is 0.353. The van der Waals surface area contributed by atoms with Crippen LogP contribution in [0.3, 0.4) is 0 Å². The van der Waals surface area contributed by atoms with Gasteiger partial charge < -0.3 is 10.8 Å². The maximum absolute atomic E-state index is 8.86.